The number of aromatic nitrogens is 2. The van der Waals surface area contributed by atoms with Gasteiger partial charge in [0.25, 0.3) is 0 Å². The van der Waals surface area contributed by atoms with Gasteiger partial charge in [-0.3, -0.25) is 0 Å². The molecule has 74 valence electrons. The van der Waals surface area contributed by atoms with Crippen LogP contribution in [0.2, 0.25) is 5.02 Å². The number of H-pyrrole nitrogens is 1. The van der Waals surface area contributed by atoms with Gasteiger partial charge in [0.2, 0.25) is 5.95 Å². The molecule has 0 atom stereocenters. The van der Waals surface area contributed by atoms with Crippen LogP contribution in [0.25, 0.3) is 11.0 Å². The third kappa shape index (κ3) is 1.68. The van der Waals surface area contributed by atoms with E-state index in [-0.39, 0.29) is 0 Å². The summed E-state index contributed by atoms with van der Waals surface area (Å²) < 4.78 is 0. The second kappa shape index (κ2) is 3.50. The summed E-state index contributed by atoms with van der Waals surface area (Å²) in [5.41, 5.74) is 1.78. The van der Waals surface area contributed by atoms with Gasteiger partial charge < -0.3 is 10.3 Å². The van der Waals surface area contributed by atoms with E-state index in [2.05, 4.69) is 29.1 Å². The van der Waals surface area contributed by atoms with Gasteiger partial charge >= 0.3 is 0 Å². The van der Waals surface area contributed by atoms with Crippen LogP contribution in [-0.2, 0) is 0 Å². The van der Waals surface area contributed by atoms with E-state index in [1.165, 1.54) is 0 Å². The number of nitrogens with one attached hydrogen (secondary N) is 2. The summed E-state index contributed by atoms with van der Waals surface area (Å²) in [6.07, 6.45) is 0. The number of imidazole rings is 1. The third-order valence-electron chi connectivity index (χ3n) is 1.89. The lowest BCUT2D eigenvalue weighted by atomic mass is 10.3. The lowest BCUT2D eigenvalue weighted by Crippen LogP contribution is -2.10. The van der Waals surface area contributed by atoms with Crippen LogP contribution in [0.5, 0.6) is 0 Å². The lowest BCUT2D eigenvalue weighted by Gasteiger charge is -2.04. The average molecular weight is 210 g/mol. The van der Waals surface area contributed by atoms with Crippen LogP contribution in [0, 0.1) is 0 Å². The summed E-state index contributed by atoms with van der Waals surface area (Å²) >= 11 is 6.00. The molecule has 0 aliphatic rings. The number of para-hydroxylation sites is 1. The quantitative estimate of drug-likeness (QED) is 0.798. The molecule has 0 radical (unpaired) electrons. The van der Waals surface area contributed by atoms with Crippen LogP contribution in [-0.4, -0.2) is 16.0 Å². The van der Waals surface area contributed by atoms with Crippen LogP contribution in [0.1, 0.15) is 13.8 Å². The molecule has 2 N–H and O–H groups in total. The molecule has 0 aliphatic heterocycles. The van der Waals surface area contributed by atoms with Gasteiger partial charge in [-0.2, -0.15) is 0 Å². The van der Waals surface area contributed by atoms with Crippen molar-refractivity contribution in [1.82, 2.24) is 9.97 Å². The predicted octanol–water partition coefficient (Wildman–Crippen LogP) is 3.04. The Morgan fingerprint density at radius 1 is 1.43 bits per heavy atom. The Labute approximate surface area is 87.5 Å². The van der Waals surface area contributed by atoms with E-state index in [4.69, 9.17) is 11.6 Å². The maximum absolute atomic E-state index is 6.00. The minimum absolute atomic E-state index is 0.356. The van der Waals surface area contributed by atoms with Crippen molar-refractivity contribution in [2.45, 2.75) is 19.9 Å². The van der Waals surface area contributed by atoms with Crippen LogP contribution < -0.4 is 5.32 Å². The monoisotopic (exact) mass is 209 g/mol. The molecule has 0 unspecified atom stereocenters. The SMILES string of the molecule is CC(C)Nc1nc2c(Cl)cccc2[nH]1. The van der Waals surface area contributed by atoms with Crippen molar-refractivity contribution in [3.05, 3.63) is 23.2 Å². The van der Waals surface area contributed by atoms with Gasteiger partial charge in [0.15, 0.2) is 0 Å². The fourth-order valence-corrected chi connectivity index (χ4v) is 1.56. The minimum Gasteiger partial charge on any atom is -0.354 e. The van der Waals surface area contributed by atoms with E-state index in [9.17, 15) is 0 Å². The van der Waals surface area contributed by atoms with Gasteiger partial charge in [0.1, 0.15) is 5.52 Å². The first-order valence-electron chi connectivity index (χ1n) is 4.57. The van der Waals surface area contributed by atoms with E-state index < -0.39 is 0 Å². The number of anilines is 1. The highest BCUT2D eigenvalue weighted by atomic mass is 35.5. The number of rotatable bonds is 2. The molecule has 1 aromatic carbocycles. The molecule has 2 rings (SSSR count). The Morgan fingerprint density at radius 3 is 2.86 bits per heavy atom. The normalized spacial score (nSPS) is 11.1. The Bertz CT molecular complexity index is 448. The number of benzene rings is 1. The summed E-state index contributed by atoms with van der Waals surface area (Å²) in [5.74, 6) is 0.767. The molecule has 4 heteroatoms. The van der Waals surface area contributed by atoms with Gasteiger partial charge in [-0.25, -0.2) is 4.98 Å². The highest BCUT2D eigenvalue weighted by Gasteiger charge is 2.05. The molecule has 1 aromatic heterocycles. The van der Waals surface area contributed by atoms with Gasteiger partial charge in [-0.05, 0) is 26.0 Å². The van der Waals surface area contributed by atoms with E-state index >= 15 is 0 Å². The fourth-order valence-electron chi connectivity index (χ4n) is 1.34. The first kappa shape index (κ1) is 9.34. The molecule has 0 bridgehead atoms. The molecule has 0 fully saturated rings. The summed E-state index contributed by atoms with van der Waals surface area (Å²) in [6.45, 7) is 4.13. The Morgan fingerprint density at radius 2 is 2.21 bits per heavy atom. The van der Waals surface area contributed by atoms with Gasteiger partial charge in [0, 0.05) is 6.04 Å². The first-order chi connectivity index (χ1) is 6.66. The molecule has 1 heterocycles. The average Bonchev–Trinajstić information content (AvgIpc) is 2.47. The van der Waals surface area contributed by atoms with Crippen molar-refractivity contribution in [2.24, 2.45) is 0 Å². The number of halogens is 1. The van der Waals surface area contributed by atoms with Crippen LogP contribution in [0.4, 0.5) is 5.95 Å². The molecule has 0 amide bonds. The highest BCUT2D eigenvalue weighted by molar-refractivity contribution is 6.34. The molecule has 2 aromatic rings. The maximum Gasteiger partial charge on any atom is 0.201 e. The molecule has 3 nitrogen and oxygen atoms in total. The minimum atomic E-state index is 0.356. The largest absolute Gasteiger partial charge is 0.354 e. The molecule has 14 heavy (non-hydrogen) atoms. The first-order valence-corrected chi connectivity index (χ1v) is 4.95. The number of fused-ring (bicyclic) bond motifs is 1. The van der Waals surface area contributed by atoms with Crippen molar-refractivity contribution in [3.8, 4) is 0 Å². The van der Waals surface area contributed by atoms with Gasteiger partial charge in [-0.1, -0.05) is 17.7 Å². The molecule has 0 aliphatic carbocycles. The second-order valence-corrected chi connectivity index (χ2v) is 3.93. The van der Waals surface area contributed by atoms with Crippen molar-refractivity contribution >= 4 is 28.6 Å². The van der Waals surface area contributed by atoms with Crippen molar-refractivity contribution in [1.29, 1.82) is 0 Å². The van der Waals surface area contributed by atoms with E-state index in [1.807, 2.05) is 18.2 Å². The van der Waals surface area contributed by atoms with Crippen molar-refractivity contribution in [3.63, 3.8) is 0 Å². The highest BCUT2D eigenvalue weighted by Crippen LogP contribution is 2.22. The lowest BCUT2D eigenvalue weighted by molar-refractivity contribution is 0.883. The van der Waals surface area contributed by atoms with Gasteiger partial charge in [0.05, 0.1) is 10.5 Å². The van der Waals surface area contributed by atoms with E-state index in [0.717, 1.165) is 17.0 Å². The Kier molecular flexibility index (Phi) is 2.33. The molecular formula is C10H12ClN3. The molecule has 0 saturated heterocycles. The van der Waals surface area contributed by atoms with Crippen LogP contribution in [0.3, 0.4) is 0 Å². The molecule has 0 saturated carbocycles. The molecule has 0 spiro atoms. The summed E-state index contributed by atoms with van der Waals surface area (Å²) in [7, 11) is 0. The third-order valence-corrected chi connectivity index (χ3v) is 2.19. The number of aromatic amines is 1. The summed E-state index contributed by atoms with van der Waals surface area (Å²) in [5, 5.41) is 3.87. The summed E-state index contributed by atoms with van der Waals surface area (Å²) in [6, 6.07) is 6.06. The van der Waals surface area contributed by atoms with Crippen LogP contribution >= 0.6 is 11.6 Å². The smallest absolute Gasteiger partial charge is 0.201 e. The number of nitrogens with zero attached hydrogens (tertiary/aromatic N) is 1. The Hall–Kier alpha value is -1.22. The maximum atomic E-state index is 6.00. The fraction of sp³-hybridized carbons (Fsp3) is 0.300. The summed E-state index contributed by atoms with van der Waals surface area (Å²) in [4.78, 5) is 7.51. The predicted molar refractivity (Wildman–Crippen MR) is 59.9 cm³/mol. The van der Waals surface area contributed by atoms with Crippen LogP contribution in [0.15, 0.2) is 18.2 Å². The standard InChI is InChI=1S/C10H12ClN3/c1-6(2)12-10-13-8-5-3-4-7(11)9(8)14-10/h3-6H,1-2H3,(H2,12,13,14). The van der Waals surface area contributed by atoms with E-state index in [1.54, 1.807) is 0 Å². The molecular weight excluding hydrogens is 198 g/mol. The zero-order valence-corrected chi connectivity index (χ0v) is 8.89. The number of hydrogen-bond donors (Lipinski definition) is 2. The number of hydrogen-bond acceptors (Lipinski definition) is 2. The zero-order chi connectivity index (χ0) is 10.1. The van der Waals surface area contributed by atoms with Crippen molar-refractivity contribution in [2.75, 3.05) is 5.32 Å². The zero-order valence-electron chi connectivity index (χ0n) is 8.13. The Balaban J connectivity index is 2.46. The topological polar surface area (TPSA) is 40.7 Å². The van der Waals surface area contributed by atoms with E-state index in [0.29, 0.717) is 11.1 Å². The van der Waals surface area contributed by atoms with Gasteiger partial charge in [-0.15, -0.1) is 0 Å². The van der Waals surface area contributed by atoms with Crippen molar-refractivity contribution < 1.29 is 0 Å². The second-order valence-electron chi connectivity index (χ2n) is 3.52.